The fourth-order valence-electron chi connectivity index (χ4n) is 1.64. The van der Waals surface area contributed by atoms with Crippen LogP contribution >= 0.6 is 0 Å². The molecule has 3 heteroatoms. The summed E-state index contributed by atoms with van der Waals surface area (Å²) < 4.78 is 0. The molecule has 0 saturated carbocycles. The van der Waals surface area contributed by atoms with Crippen LogP contribution in [0.25, 0.3) is 0 Å². The van der Waals surface area contributed by atoms with Gasteiger partial charge in [0.05, 0.1) is 6.61 Å². The lowest BCUT2D eigenvalue weighted by Gasteiger charge is -2.34. The molecule has 0 spiro atoms. The second-order valence-electron chi connectivity index (χ2n) is 5.71. The summed E-state index contributed by atoms with van der Waals surface area (Å²) in [7, 11) is 4.19. The molecule has 2 N–H and O–H groups in total. The Hall–Kier alpha value is -0.900. The highest BCUT2D eigenvalue weighted by molar-refractivity contribution is 5.25. The van der Waals surface area contributed by atoms with Crippen LogP contribution in [0.3, 0.4) is 0 Å². The second-order valence-corrected chi connectivity index (χ2v) is 5.71. The van der Waals surface area contributed by atoms with E-state index in [1.54, 1.807) is 0 Å². The van der Waals surface area contributed by atoms with E-state index in [4.69, 9.17) is 5.11 Å². The molecule has 1 rings (SSSR count). The van der Waals surface area contributed by atoms with E-state index in [-0.39, 0.29) is 18.2 Å². The summed E-state index contributed by atoms with van der Waals surface area (Å²) in [5.74, 6) is 0. The minimum Gasteiger partial charge on any atom is -0.392 e. The molecule has 0 aliphatic carbocycles. The summed E-state index contributed by atoms with van der Waals surface area (Å²) in [6, 6.07) is 8.38. The number of likely N-dealkylation sites (N-methyl/N-ethyl adjacent to an activating group) is 1. The number of nitrogens with one attached hydrogen (secondary N) is 1. The molecule has 0 saturated heterocycles. The predicted octanol–water partition coefficient (Wildman–Crippen LogP) is 2.17. The molecule has 1 aromatic rings. The van der Waals surface area contributed by atoms with Crippen LogP contribution in [-0.4, -0.2) is 36.2 Å². The first-order chi connectivity index (χ1) is 8.36. The van der Waals surface area contributed by atoms with Crippen molar-refractivity contribution in [2.45, 2.75) is 39.0 Å². The Labute approximate surface area is 111 Å². The van der Waals surface area contributed by atoms with Gasteiger partial charge in [-0.15, -0.1) is 0 Å². The first-order valence-electron chi connectivity index (χ1n) is 6.47. The van der Waals surface area contributed by atoms with Gasteiger partial charge in [-0.25, -0.2) is 0 Å². The molecule has 0 fully saturated rings. The lowest BCUT2D eigenvalue weighted by Crippen LogP contribution is -2.47. The second kappa shape index (κ2) is 6.32. The van der Waals surface area contributed by atoms with E-state index in [0.717, 1.165) is 12.1 Å². The average molecular weight is 250 g/mol. The summed E-state index contributed by atoms with van der Waals surface area (Å²) in [4.78, 5) is 2.22. The van der Waals surface area contributed by atoms with Gasteiger partial charge < -0.3 is 15.3 Å². The highest BCUT2D eigenvalue weighted by Crippen LogP contribution is 2.16. The molecule has 1 unspecified atom stereocenters. The summed E-state index contributed by atoms with van der Waals surface area (Å²) in [6.07, 6.45) is 0. The number of rotatable bonds is 6. The third-order valence-electron chi connectivity index (χ3n) is 3.69. The van der Waals surface area contributed by atoms with Gasteiger partial charge in [-0.05, 0) is 46.0 Å². The van der Waals surface area contributed by atoms with Crippen molar-refractivity contribution in [3.63, 3.8) is 0 Å². The lowest BCUT2D eigenvalue weighted by molar-refractivity contribution is 0.185. The van der Waals surface area contributed by atoms with Crippen LogP contribution in [0.15, 0.2) is 24.3 Å². The van der Waals surface area contributed by atoms with Gasteiger partial charge in [0.1, 0.15) is 0 Å². The number of hydrogen-bond acceptors (Lipinski definition) is 3. The quantitative estimate of drug-likeness (QED) is 0.812. The van der Waals surface area contributed by atoms with Crippen LogP contribution in [0, 0.1) is 0 Å². The standard InChI is InChI=1S/C15H26N2O/c1-12(16-11-15(2,3)17(4)5)14-8-6-7-13(9-14)10-18/h6-9,12,16,18H,10-11H2,1-5H3. The van der Waals surface area contributed by atoms with E-state index in [0.29, 0.717) is 0 Å². The first-order valence-corrected chi connectivity index (χ1v) is 6.47. The molecule has 1 atom stereocenters. The van der Waals surface area contributed by atoms with Gasteiger partial charge in [-0.3, -0.25) is 0 Å². The minimum absolute atomic E-state index is 0.101. The number of hydrogen-bond donors (Lipinski definition) is 2. The molecule has 18 heavy (non-hydrogen) atoms. The molecule has 0 aromatic heterocycles. The predicted molar refractivity (Wildman–Crippen MR) is 76.5 cm³/mol. The average Bonchev–Trinajstić information content (AvgIpc) is 2.36. The van der Waals surface area contributed by atoms with Crippen molar-refractivity contribution in [3.8, 4) is 0 Å². The first kappa shape index (κ1) is 15.2. The summed E-state index contributed by atoms with van der Waals surface area (Å²) in [6.45, 7) is 7.62. The van der Waals surface area contributed by atoms with Crippen LogP contribution < -0.4 is 5.32 Å². The van der Waals surface area contributed by atoms with Gasteiger partial charge >= 0.3 is 0 Å². The number of nitrogens with zero attached hydrogens (tertiary/aromatic N) is 1. The Balaban J connectivity index is 2.62. The van der Waals surface area contributed by atoms with Crippen LogP contribution in [-0.2, 0) is 6.61 Å². The van der Waals surface area contributed by atoms with Gasteiger partial charge in [0.15, 0.2) is 0 Å². The molecular formula is C15H26N2O. The van der Waals surface area contributed by atoms with Gasteiger partial charge in [0, 0.05) is 18.1 Å². The number of aliphatic hydroxyl groups excluding tert-OH is 1. The summed E-state index contributed by atoms with van der Waals surface area (Å²) in [5.41, 5.74) is 2.31. The molecule has 1 aromatic carbocycles. The van der Waals surface area contributed by atoms with E-state index >= 15 is 0 Å². The van der Waals surface area contributed by atoms with Crippen molar-refractivity contribution in [2.24, 2.45) is 0 Å². The topological polar surface area (TPSA) is 35.5 Å². The SMILES string of the molecule is CC(NCC(C)(C)N(C)C)c1cccc(CO)c1. The van der Waals surface area contributed by atoms with E-state index in [9.17, 15) is 0 Å². The molecule has 0 heterocycles. The van der Waals surface area contributed by atoms with Crippen molar-refractivity contribution in [1.82, 2.24) is 10.2 Å². The van der Waals surface area contributed by atoms with Gasteiger partial charge in [-0.2, -0.15) is 0 Å². The Morgan fingerprint density at radius 3 is 2.56 bits per heavy atom. The zero-order valence-corrected chi connectivity index (χ0v) is 12.2. The summed E-state index contributed by atoms with van der Waals surface area (Å²) in [5, 5.41) is 12.7. The monoisotopic (exact) mass is 250 g/mol. The van der Waals surface area contributed by atoms with E-state index < -0.39 is 0 Å². The summed E-state index contributed by atoms with van der Waals surface area (Å²) >= 11 is 0. The normalized spacial score (nSPS) is 13.9. The Bertz CT molecular complexity index is 375. The molecule has 0 aliphatic rings. The third kappa shape index (κ3) is 4.09. The van der Waals surface area contributed by atoms with Crippen molar-refractivity contribution < 1.29 is 5.11 Å². The van der Waals surface area contributed by atoms with Crippen LogP contribution in [0.2, 0.25) is 0 Å². The van der Waals surface area contributed by atoms with Gasteiger partial charge in [0.2, 0.25) is 0 Å². The fourth-order valence-corrected chi connectivity index (χ4v) is 1.64. The van der Waals surface area contributed by atoms with Gasteiger partial charge in [0.25, 0.3) is 0 Å². The Morgan fingerprint density at radius 2 is 2.00 bits per heavy atom. The van der Waals surface area contributed by atoms with Crippen LogP contribution in [0.1, 0.15) is 37.9 Å². The molecule has 0 bridgehead atoms. The van der Waals surface area contributed by atoms with Crippen molar-refractivity contribution in [3.05, 3.63) is 35.4 Å². The maximum Gasteiger partial charge on any atom is 0.0681 e. The number of aliphatic hydroxyl groups is 1. The maximum atomic E-state index is 9.15. The Morgan fingerprint density at radius 1 is 1.33 bits per heavy atom. The zero-order valence-electron chi connectivity index (χ0n) is 12.2. The van der Waals surface area contributed by atoms with Crippen molar-refractivity contribution >= 4 is 0 Å². The maximum absolute atomic E-state index is 9.15. The molecule has 0 amide bonds. The molecular weight excluding hydrogens is 224 g/mol. The fraction of sp³-hybridized carbons (Fsp3) is 0.600. The van der Waals surface area contributed by atoms with Crippen molar-refractivity contribution in [2.75, 3.05) is 20.6 Å². The molecule has 3 nitrogen and oxygen atoms in total. The van der Waals surface area contributed by atoms with E-state index in [1.165, 1.54) is 5.56 Å². The minimum atomic E-state index is 0.101. The highest BCUT2D eigenvalue weighted by atomic mass is 16.3. The smallest absolute Gasteiger partial charge is 0.0681 e. The molecule has 0 aliphatic heterocycles. The largest absolute Gasteiger partial charge is 0.392 e. The third-order valence-corrected chi connectivity index (χ3v) is 3.69. The number of benzene rings is 1. The van der Waals surface area contributed by atoms with E-state index in [1.807, 2.05) is 12.1 Å². The van der Waals surface area contributed by atoms with Crippen LogP contribution in [0.4, 0.5) is 0 Å². The van der Waals surface area contributed by atoms with Gasteiger partial charge in [-0.1, -0.05) is 24.3 Å². The van der Waals surface area contributed by atoms with E-state index in [2.05, 4.69) is 57.2 Å². The van der Waals surface area contributed by atoms with Crippen LogP contribution in [0.5, 0.6) is 0 Å². The zero-order chi connectivity index (χ0) is 13.8. The highest BCUT2D eigenvalue weighted by Gasteiger charge is 2.20. The lowest BCUT2D eigenvalue weighted by atomic mass is 10.0. The molecule has 0 radical (unpaired) electrons. The molecule has 102 valence electrons. The Kier molecular flexibility index (Phi) is 5.32. The van der Waals surface area contributed by atoms with Crippen molar-refractivity contribution in [1.29, 1.82) is 0 Å².